The van der Waals surface area contributed by atoms with Gasteiger partial charge >= 0.3 is 5.97 Å². The van der Waals surface area contributed by atoms with Crippen LogP contribution in [0.5, 0.6) is 0 Å². The zero-order chi connectivity index (χ0) is 13.0. The van der Waals surface area contributed by atoms with E-state index in [1.807, 2.05) is 0 Å². The molecule has 104 valence electrons. The topological polar surface area (TPSA) is 43.4 Å². The number of hydrogen-bond donors (Lipinski definition) is 0. The van der Waals surface area contributed by atoms with Gasteiger partial charge in [0.05, 0.1) is 13.5 Å². The summed E-state index contributed by atoms with van der Waals surface area (Å²) < 4.78 is 17.2. The van der Waals surface area contributed by atoms with E-state index < -0.39 is 10.8 Å². The minimum atomic E-state index is -0.751. The zero-order valence-corrected chi connectivity index (χ0v) is 12.1. The van der Waals surface area contributed by atoms with Crippen LogP contribution in [-0.4, -0.2) is 28.3 Å². The van der Waals surface area contributed by atoms with Gasteiger partial charge in [-0.25, -0.2) is 0 Å². The quantitative estimate of drug-likeness (QED) is 0.571. The Balaban J connectivity index is 1.84. The van der Waals surface area contributed by atoms with Crippen molar-refractivity contribution in [1.29, 1.82) is 0 Å². The molecule has 2 fully saturated rings. The van der Waals surface area contributed by atoms with Gasteiger partial charge < -0.3 is 4.74 Å². The second kappa shape index (κ2) is 6.18. The van der Waals surface area contributed by atoms with Crippen LogP contribution in [0.15, 0.2) is 0 Å². The molecule has 0 N–H and O–H groups in total. The molecule has 0 spiro atoms. The van der Waals surface area contributed by atoms with Gasteiger partial charge in [0, 0.05) is 21.8 Å². The van der Waals surface area contributed by atoms with Crippen molar-refractivity contribution in [2.75, 3.05) is 12.9 Å². The van der Waals surface area contributed by atoms with Crippen molar-refractivity contribution in [3.05, 3.63) is 0 Å². The maximum Gasteiger partial charge on any atom is 0.306 e. The Morgan fingerprint density at radius 3 is 2.33 bits per heavy atom. The summed E-state index contributed by atoms with van der Waals surface area (Å²) in [4.78, 5) is 11.4. The molecule has 18 heavy (non-hydrogen) atoms. The summed E-state index contributed by atoms with van der Waals surface area (Å²) in [5, 5.41) is 0.377. The molecule has 0 aromatic rings. The minimum Gasteiger partial charge on any atom is -0.469 e. The molecular formula is C14H24O3S. The minimum absolute atomic E-state index is 0.0181. The van der Waals surface area contributed by atoms with Crippen molar-refractivity contribution in [2.45, 2.75) is 63.0 Å². The molecule has 0 aromatic heterocycles. The Kier molecular flexibility index (Phi) is 4.82. The van der Waals surface area contributed by atoms with E-state index >= 15 is 0 Å². The average Bonchev–Trinajstić information content (AvgIpc) is 3.12. The third-order valence-corrected chi connectivity index (χ3v) is 6.44. The molecule has 4 heteroatoms. The molecule has 0 radical (unpaired) electrons. The third-order valence-electron chi connectivity index (χ3n) is 4.33. The number of carbonyl (C=O) groups excluding carboxylic acids is 1. The largest absolute Gasteiger partial charge is 0.469 e. The molecule has 1 unspecified atom stereocenters. The van der Waals surface area contributed by atoms with Crippen molar-refractivity contribution in [3.8, 4) is 0 Å². The van der Waals surface area contributed by atoms with Gasteiger partial charge in [-0.3, -0.25) is 9.00 Å². The van der Waals surface area contributed by atoms with Crippen LogP contribution >= 0.6 is 0 Å². The molecule has 2 aliphatic carbocycles. The predicted octanol–water partition coefficient (Wildman–Crippen LogP) is 2.80. The lowest BCUT2D eigenvalue weighted by molar-refractivity contribution is -0.141. The summed E-state index contributed by atoms with van der Waals surface area (Å²) in [6, 6.07) is 0. The maximum atomic E-state index is 12.4. The molecule has 2 saturated carbocycles. The number of ether oxygens (including phenoxy) is 1. The van der Waals surface area contributed by atoms with Crippen LogP contribution in [0.4, 0.5) is 0 Å². The normalized spacial score (nSPS) is 25.2. The summed E-state index contributed by atoms with van der Waals surface area (Å²) in [5.74, 6) is 0.567. The highest BCUT2D eigenvalue weighted by molar-refractivity contribution is 7.85. The SMILES string of the molecule is COC(=O)CC1(CS(=O)C2CCCCCC2)CC1. The predicted molar refractivity (Wildman–Crippen MR) is 72.8 cm³/mol. The van der Waals surface area contributed by atoms with Gasteiger partial charge in [-0.05, 0) is 31.1 Å². The van der Waals surface area contributed by atoms with Crippen LogP contribution in [0.2, 0.25) is 0 Å². The molecule has 0 amide bonds. The lowest BCUT2D eigenvalue weighted by Gasteiger charge is -2.18. The molecule has 0 heterocycles. The third kappa shape index (κ3) is 3.81. The highest BCUT2D eigenvalue weighted by Crippen LogP contribution is 2.50. The first kappa shape index (κ1) is 14.0. The fourth-order valence-corrected chi connectivity index (χ4v) is 4.94. The van der Waals surface area contributed by atoms with E-state index in [0.29, 0.717) is 17.4 Å². The van der Waals surface area contributed by atoms with E-state index in [4.69, 9.17) is 4.74 Å². The van der Waals surface area contributed by atoms with E-state index in [9.17, 15) is 9.00 Å². The second-order valence-corrected chi connectivity index (χ2v) is 7.61. The molecule has 0 aliphatic heterocycles. The van der Waals surface area contributed by atoms with Crippen molar-refractivity contribution < 1.29 is 13.7 Å². The van der Waals surface area contributed by atoms with E-state index in [1.165, 1.54) is 32.8 Å². The Hall–Kier alpha value is -0.380. The Morgan fingerprint density at radius 1 is 1.22 bits per heavy atom. The molecule has 0 saturated heterocycles. The standard InChI is InChI=1S/C14H24O3S/c1-17-13(15)10-14(8-9-14)11-18(16)12-6-4-2-3-5-7-12/h12H,2-11H2,1H3. The Morgan fingerprint density at radius 2 is 1.83 bits per heavy atom. The first-order chi connectivity index (χ1) is 8.65. The monoisotopic (exact) mass is 272 g/mol. The first-order valence-electron chi connectivity index (χ1n) is 7.09. The van der Waals surface area contributed by atoms with Crippen LogP contribution in [0.25, 0.3) is 0 Å². The highest BCUT2D eigenvalue weighted by atomic mass is 32.2. The van der Waals surface area contributed by atoms with Crippen molar-refractivity contribution in [2.24, 2.45) is 5.41 Å². The number of esters is 1. The van der Waals surface area contributed by atoms with Gasteiger partial charge in [0.25, 0.3) is 0 Å². The van der Waals surface area contributed by atoms with E-state index in [-0.39, 0.29) is 11.4 Å². The van der Waals surface area contributed by atoms with E-state index in [0.717, 1.165) is 25.7 Å². The second-order valence-electron chi connectivity index (χ2n) is 5.89. The van der Waals surface area contributed by atoms with Gasteiger partial charge in [-0.2, -0.15) is 0 Å². The highest BCUT2D eigenvalue weighted by Gasteiger charge is 2.46. The van der Waals surface area contributed by atoms with Gasteiger partial charge in [0.15, 0.2) is 0 Å². The summed E-state index contributed by atoms with van der Waals surface area (Å²) in [5.41, 5.74) is 0.0181. The maximum absolute atomic E-state index is 12.4. The summed E-state index contributed by atoms with van der Waals surface area (Å²) >= 11 is 0. The van der Waals surface area contributed by atoms with Crippen LogP contribution in [0.1, 0.15) is 57.8 Å². The molecule has 0 aromatic carbocycles. The van der Waals surface area contributed by atoms with Crippen molar-refractivity contribution in [1.82, 2.24) is 0 Å². The first-order valence-corrected chi connectivity index (χ1v) is 8.47. The van der Waals surface area contributed by atoms with Crippen LogP contribution in [0, 0.1) is 5.41 Å². The lowest BCUT2D eigenvalue weighted by atomic mass is 10.1. The number of hydrogen-bond acceptors (Lipinski definition) is 3. The Bertz CT molecular complexity index is 315. The van der Waals surface area contributed by atoms with E-state index in [1.54, 1.807) is 0 Å². The number of methoxy groups -OCH3 is 1. The van der Waals surface area contributed by atoms with Crippen molar-refractivity contribution >= 4 is 16.8 Å². The van der Waals surface area contributed by atoms with Crippen molar-refractivity contribution in [3.63, 3.8) is 0 Å². The fraction of sp³-hybridized carbons (Fsp3) is 0.929. The number of rotatable bonds is 5. The summed E-state index contributed by atoms with van der Waals surface area (Å²) in [6.45, 7) is 0. The molecule has 3 nitrogen and oxygen atoms in total. The van der Waals surface area contributed by atoms with Gasteiger partial charge in [0.2, 0.25) is 0 Å². The summed E-state index contributed by atoms with van der Waals surface area (Å²) in [7, 11) is 0.681. The molecule has 2 rings (SSSR count). The molecule has 1 atom stereocenters. The van der Waals surface area contributed by atoms with E-state index in [2.05, 4.69) is 0 Å². The molecule has 0 bridgehead atoms. The fourth-order valence-electron chi connectivity index (χ4n) is 2.85. The zero-order valence-electron chi connectivity index (χ0n) is 11.3. The van der Waals surface area contributed by atoms with Crippen LogP contribution < -0.4 is 0 Å². The number of carbonyl (C=O) groups is 1. The Labute approximate surface area is 112 Å². The van der Waals surface area contributed by atoms with Crippen LogP contribution in [0.3, 0.4) is 0 Å². The smallest absolute Gasteiger partial charge is 0.306 e. The van der Waals surface area contributed by atoms with Gasteiger partial charge in [-0.15, -0.1) is 0 Å². The van der Waals surface area contributed by atoms with Gasteiger partial charge in [0.1, 0.15) is 0 Å². The summed E-state index contributed by atoms with van der Waals surface area (Å²) in [6.07, 6.45) is 9.80. The lowest BCUT2D eigenvalue weighted by Crippen LogP contribution is -2.24. The van der Waals surface area contributed by atoms with Crippen LogP contribution in [-0.2, 0) is 20.3 Å². The molecule has 2 aliphatic rings. The molecular weight excluding hydrogens is 248 g/mol. The average molecular weight is 272 g/mol. The van der Waals surface area contributed by atoms with Gasteiger partial charge in [-0.1, -0.05) is 25.7 Å².